The van der Waals surface area contributed by atoms with Crippen LogP contribution in [0.1, 0.15) is 47.3 Å². The Balaban J connectivity index is 1.61. The van der Waals surface area contributed by atoms with Crippen molar-refractivity contribution < 1.29 is 9.59 Å². The van der Waals surface area contributed by atoms with E-state index >= 15 is 0 Å². The highest BCUT2D eigenvalue weighted by Gasteiger charge is 2.20. The fourth-order valence-electron chi connectivity index (χ4n) is 2.99. The zero-order valence-corrected chi connectivity index (χ0v) is 14.9. The molecule has 1 unspecified atom stereocenters. The molecule has 1 atom stereocenters. The molecule has 5 heteroatoms. The molecule has 0 bridgehead atoms. The van der Waals surface area contributed by atoms with Crippen LogP contribution in [0.4, 0.5) is 0 Å². The highest BCUT2D eigenvalue weighted by atomic mass is 35.5. The van der Waals surface area contributed by atoms with Gasteiger partial charge >= 0.3 is 0 Å². The van der Waals surface area contributed by atoms with E-state index in [1.165, 1.54) is 0 Å². The zero-order chi connectivity index (χ0) is 17.8. The number of nitrogens with zero attached hydrogens (tertiary/aromatic N) is 1. The summed E-state index contributed by atoms with van der Waals surface area (Å²) in [5.41, 5.74) is 2.60. The van der Waals surface area contributed by atoms with E-state index in [4.69, 9.17) is 11.6 Å². The molecule has 0 radical (unpaired) electrons. The van der Waals surface area contributed by atoms with Gasteiger partial charge in [-0.15, -0.1) is 0 Å². The Morgan fingerprint density at radius 1 is 1.24 bits per heavy atom. The summed E-state index contributed by atoms with van der Waals surface area (Å²) in [6.45, 7) is 3.36. The van der Waals surface area contributed by atoms with Gasteiger partial charge in [0.2, 0.25) is 5.91 Å². The fourth-order valence-corrected chi connectivity index (χ4v) is 3.19. The standard InChI is InChI=1S/C20H21ClN2O2/c1-14(17-4-2-5-18(21)12-17)22-20(25)16-9-7-15(8-10-16)13-23-11-3-6-19(23)24/h2,4-5,7-10,12,14H,3,6,11,13H2,1H3,(H,22,25). The van der Waals surface area contributed by atoms with E-state index in [0.717, 1.165) is 24.1 Å². The normalized spacial score (nSPS) is 15.3. The molecular weight excluding hydrogens is 336 g/mol. The smallest absolute Gasteiger partial charge is 0.251 e. The molecule has 130 valence electrons. The Morgan fingerprint density at radius 3 is 2.64 bits per heavy atom. The van der Waals surface area contributed by atoms with Gasteiger partial charge in [-0.1, -0.05) is 35.9 Å². The Morgan fingerprint density at radius 2 is 2.00 bits per heavy atom. The third-order valence-corrected chi connectivity index (χ3v) is 4.69. The maximum atomic E-state index is 12.4. The van der Waals surface area contributed by atoms with Crippen molar-refractivity contribution >= 4 is 23.4 Å². The number of carbonyl (C=O) groups is 2. The maximum Gasteiger partial charge on any atom is 0.251 e. The van der Waals surface area contributed by atoms with Gasteiger partial charge in [-0.25, -0.2) is 0 Å². The van der Waals surface area contributed by atoms with Crippen molar-refractivity contribution in [1.82, 2.24) is 10.2 Å². The van der Waals surface area contributed by atoms with Crippen molar-refractivity contribution in [3.05, 3.63) is 70.2 Å². The van der Waals surface area contributed by atoms with Crippen LogP contribution in [0.3, 0.4) is 0 Å². The summed E-state index contributed by atoms with van der Waals surface area (Å²) < 4.78 is 0. The number of rotatable bonds is 5. The van der Waals surface area contributed by atoms with E-state index in [1.807, 2.05) is 48.2 Å². The number of likely N-dealkylation sites (tertiary alicyclic amines) is 1. The van der Waals surface area contributed by atoms with Crippen LogP contribution < -0.4 is 5.32 Å². The van der Waals surface area contributed by atoms with Crippen LogP contribution in [-0.2, 0) is 11.3 Å². The minimum atomic E-state index is -0.131. The molecule has 2 aromatic rings. The molecule has 2 amide bonds. The molecule has 3 rings (SSSR count). The van der Waals surface area contributed by atoms with Crippen molar-refractivity contribution in [3.63, 3.8) is 0 Å². The molecule has 1 aliphatic heterocycles. The molecule has 25 heavy (non-hydrogen) atoms. The molecule has 1 N–H and O–H groups in total. The van der Waals surface area contributed by atoms with Crippen LogP contribution in [0.2, 0.25) is 5.02 Å². The van der Waals surface area contributed by atoms with E-state index in [-0.39, 0.29) is 17.9 Å². The molecule has 2 aromatic carbocycles. The quantitative estimate of drug-likeness (QED) is 0.881. The van der Waals surface area contributed by atoms with Crippen LogP contribution in [0.25, 0.3) is 0 Å². The number of amides is 2. The number of nitrogens with one attached hydrogen (secondary N) is 1. The van der Waals surface area contributed by atoms with Crippen LogP contribution in [0.15, 0.2) is 48.5 Å². The largest absolute Gasteiger partial charge is 0.346 e. The van der Waals surface area contributed by atoms with E-state index < -0.39 is 0 Å². The summed E-state index contributed by atoms with van der Waals surface area (Å²) in [6.07, 6.45) is 1.57. The first kappa shape index (κ1) is 17.5. The Bertz CT molecular complexity index is 774. The van der Waals surface area contributed by atoms with Crippen molar-refractivity contribution in [2.75, 3.05) is 6.54 Å². The summed E-state index contributed by atoms with van der Waals surface area (Å²) in [7, 11) is 0. The maximum absolute atomic E-state index is 12.4. The van der Waals surface area contributed by atoms with Gasteiger partial charge in [0.05, 0.1) is 6.04 Å². The molecule has 1 saturated heterocycles. The monoisotopic (exact) mass is 356 g/mol. The molecule has 1 fully saturated rings. The Kier molecular flexibility index (Phi) is 5.39. The molecule has 4 nitrogen and oxygen atoms in total. The van der Waals surface area contributed by atoms with Gasteiger partial charge in [0.15, 0.2) is 0 Å². The highest BCUT2D eigenvalue weighted by Crippen LogP contribution is 2.18. The Hall–Kier alpha value is -2.33. The molecule has 0 aliphatic carbocycles. The van der Waals surface area contributed by atoms with Gasteiger partial charge in [-0.05, 0) is 48.7 Å². The number of benzene rings is 2. The second-order valence-electron chi connectivity index (χ2n) is 6.37. The van der Waals surface area contributed by atoms with Gasteiger partial charge in [-0.2, -0.15) is 0 Å². The van der Waals surface area contributed by atoms with Crippen LogP contribution in [-0.4, -0.2) is 23.3 Å². The lowest BCUT2D eigenvalue weighted by Gasteiger charge is -2.16. The lowest BCUT2D eigenvalue weighted by Crippen LogP contribution is -2.27. The molecule has 0 aromatic heterocycles. The van der Waals surface area contributed by atoms with Crippen molar-refractivity contribution in [3.8, 4) is 0 Å². The summed E-state index contributed by atoms with van der Waals surface area (Å²) in [4.78, 5) is 26.0. The van der Waals surface area contributed by atoms with Crippen molar-refractivity contribution in [2.24, 2.45) is 0 Å². The minimum absolute atomic E-state index is 0.128. The van der Waals surface area contributed by atoms with Crippen molar-refractivity contribution in [1.29, 1.82) is 0 Å². The summed E-state index contributed by atoms with van der Waals surface area (Å²) in [6, 6.07) is 14.8. The van der Waals surface area contributed by atoms with Gasteiger partial charge in [0.25, 0.3) is 5.91 Å². The van der Waals surface area contributed by atoms with Crippen LogP contribution in [0.5, 0.6) is 0 Å². The molecule has 0 saturated carbocycles. The first-order valence-corrected chi connectivity index (χ1v) is 8.84. The minimum Gasteiger partial charge on any atom is -0.346 e. The predicted octanol–water partition coefficient (Wildman–Crippen LogP) is 3.95. The second-order valence-corrected chi connectivity index (χ2v) is 6.80. The topological polar surface area (TPSA) is 49.4 Å². The predicted molar refractivity (Wildman–Crippen MR) is 98.4 cm³/mol. The molecule has 1 aliphatic rings. The molecule has 0 spiro atoms. The fraction of sp³-hybridized carbons (Fsp3) is 0.300. The van der Waals surface area contributed by atoms with Gasteiger partial charge < -0.3 is 10.2 Å². The number of hydrogen-bond donors (Lipinski definition) is 1. The van der Waals surface area contributed by atoms with Crippen LogP contribution >= 0.6 is 11.6 Å². The van der Waals surface area contributed by atoms with Gasteiger partial charge in [0, 0.05) is 30.1 Å². The highest BCUT2D eigenvalue weighted by molar-refractivity contribution is 6.30. The summed E-state index contributed by atoms with van der Waals surface area (Å²) >= 11 is 6.00. The summed E-state index contributed by atoms with van der Waals surface area (Å²) in [5, 5.41) is 3.63. The number of hydrogen-bond acceptors (Lipinski definition) is 2. The van der Waals surface area contributed by atoms with Crippen LogP contribution in [0, 0.1) is 0 Å². The third kappa shape index (κ3) is 4.40. The lowest BCUT2D eigenvalue weighted by atomic mass is 10.1. The van der Waals surface area contributed by atoms with E-state index in [2.05, 4.69) is 5.32 Å². The molecular formula is C20H21ClN2O2. The molecule has 1 heterocycles. The lowest BCUT2D eigenvalue weighted by molar-refractivity contribution is -0.128. The number of carbonyl (C=O) groups excluding carboxylic acids is 2. The SMILES string of the molecule is CC(NC(=O)c1ccc(CN2CCCC2=O)cc1)c1cccc(Cl)c1. The van der Waals surface area contributed by atoms with Crippen molar-refractivity contribution in [2.45, 2.75) is 32.4 Å². The summed E-state index contributed by atoms with van der Waals surface area (Å²) in [5.74, 6) is 0.0773. The van der Waals surface area contributed by atoms with E-state index in [9.17, 15) is 9.59 Å². The number of halogens is 1. The van der Waals surface area contributed by atoms with Gasteiger partial charge in [0.1, 0.15) is 0 Å². The average Bonchev–Trinajstić information content (AvgIpc) is 3.00. The first-order valence-electron chi connectivity index (χ1n) is 8.46. The zero-order valence-electron chi connectivity index (χ0n) is 14.2. The van der Waals surface area contributed by atoms with Gasteiger partial charge in [-0.3, -0.25) is 9.59 Å². The van der Waals surface area contributed by atoms with E-state index in [0.29, 0.717) is 23.6 Å². The second kappa shape index (κ2) is 7.70. The Labute approximate surface area is 152 Å². The van der Waals surface area contributed by atoms with E-state index in [1.54, 1.807) is 12.1 Å². The average molecular weight is 357 g/mol. The first-order chi connectivity index (χ1) is 12.0. The third-order valence-electron chi connectivity index (χ3n) is 4.46.